The number of amides is 3. The van der Waals surface area contributed by atoms with Crippen LogP contribution in [0.15, 0.2) is 48.5 Å². The van der Waals surface area contributed by atoms with Crippen molar-refractivity contribution in [3.63, 3.8) is 0 Å². The van der Waals surface area contributed by atoms with Crippen molar-refractivity contribution in [1.29, 1.82) is 0 Å². The summed E-state index contributed by atoms with van der Waals surface area (Å²) in [6.45, 7) is 3.86. The monoisotopic (exact) mass is 436 g/mol. The quantitative estimate of drug-likeness (QED) is 0.504. The number of benzene rings is 2. The van der Waals surface area contributed by atoms with Gasteiger partial charge in [0.2, 0.25) is 5.91 Å². The Morgan fingerprint density at radius 3 is 2.28 bits per heavy atom. The molecular weight excluding hydrogens is 404 g/mol. The van der Waals surface area contributed by atoms with E-state index >= 15 is 0 Å². The highest BCUT2D eigenvalue weighted by Crippen LogP contribution is 2.18. The van der Waals surface area contributed by atoms with E-state index in [1.165, 1.54) is 19.3 Å². The predicted molar refractivity (Wildman–Crippen MR) is 127 cm³/mol. The average molecular weight is 437 g/mol. The zero-order valence-electron chi connectivity index (χ0n) is 18.7. The molecule has 3 amide bonds. The van der Waals surface area contributed by atoms with Gasteiger partial charge in [0.15, 0.2) is 0 Å². The average Bonchev–Trinajstić information content (AvgIpc) is 2.78. The second-order valence-corrected chi connectivity index (χ2v) is 8.50. The van der Waals surface area contributed by atoms with Crippen molar-refractivity contribution in [3.05, 3.63) is 59.7 Å². The highest BCUT2D eigenvalue weighted by molar-refractivity contribution is 5.97. The van der Waals surface area contributed by atoms with Crippen LogP contribution in [0.1, 0.15) is 66.7 Å². The van der Waals surface area contributed by atoms with Crippen molar-refractivity contribution in [2.45, 2.75) is 58.0 Å². The molecule has 0 aliphatic heterocycles. The molecule has 0 atom stereocenters. The highest BCUT2D eigenvalue weighted by atomic mass is 16.2. The molecule has 1 aliphatic rings. The molecule has 0 saturated heterocycles. The molecule has 32 heavy (non-hydrogen) atoms. The third-order valence-electron chi connectivity index (χ3n) is 5.37. The van der Waals surface area contributed by atoms with E-state index in [1.54, 1.807) is 48.5 Å². The lowest BCUT2D eigenvalue weighted by Gasteiger charge is -2.22. The number of carbonyl (C=O) groups is 3. The summed E-state index contributed by atoms with van der Waals surface area (Å²) in [5.41, 5.74) is 2.43. The van der Waals surface area contributed by atoms with Crippen LogP contribution >= 0.6 is 0 Å². The fraction of sp³-hybridized carbons (Fsp3) is 0.400. The van der Waals surface area contributed by atoms with Crippen molar-refractivity contribution >= 4 is 29.1 Å². The number of hydrogen-bond donors (Lipinski definition) is 4. The SMILES string of the molecule is CC(C)NC(=O)c1cccc(NCC(=O)Nc2ccc(C(=O)NC3CCCCC3)cc2)c1. The molecule has 0 bridgehead atoms. The summed E-state index contributed by atoms with van der Waals surface area (Å²) in [5, 5.41) is 11.8. The Labute approximate surface area is 189 Å². The van der Waals surface area contributed by atoms with E-state index in [-0.39, 0.29) is 36.3 Å². The largest absolute Gasteiger partial charge is 0.376 e. The minimum atomic E-state index is -0.221. The van der Waals surface area contributed by atoms with Gasteiger partial charge in [0, 0.05) is 34.6 Å². The molecule has 3 rings (SSSR count). The fourth-order valence-corrected chi connectivity index (χ4v) is 3.72. The molecule has 170 valence electrons. The summed E-state index contributed by atoms with van der Waals surface area (Å²) in [4.78, 5) is 36.8. The van der Waals surface area contributed by atoms with Crippen molar-refractivity contribution in [2.75, 3.05) is 17.2 Å². The van der Waals surface area contributed by atoms with Crippen LogP contribution in [0.2, 0.25) is 0 Å². The summed E-state index contributed by atoms with van der Waals surface area (Å²) in [6.07, 6.45) is 5.66. The van der Waals surface area contributed by atoms with Crippen LogP contribution < -0.4 is 21.3 Å². The van der Waals surface area contributed by atoms with Crippen LogP contribution in [0, 0.1) is 0 Å². The zero-order chi connectivity index (χ0) is 22.9. The first kappa shape index (κ1) is 23.3. The first-order valence-corrected chi connectivity index (χ1v) is 11.3. The Bertz CT molecular complexity index is 934. The Hall–Kier alpha value is -3.35. The molecule has 0 radical (unpaired) electrons. The second kappa shape index (κ2) is 11.3. The molecule has 7 heteroatoms. The molecule has 1 saturated carbocycles. The first-order chi connectivity index (χ1) is 15.4. The van der Waals surface area contributed by atoms with Gasteiger partial charge in [-0.15, -0.1) is 0 Å². The van der Waals surface area contributed by atoms with Gasteiger partial charge in [0.1, 0.15) is 0 Å². The molecule has 7 nitrogen and oxygen atoms in total. The maximum absolute atomic E-state index is 12.4. The van der Waals surface area contributed by atoms with Crippen LogP contribution in [0.25, 0.3) is 0 Å². The van der Waals surface area contributed by atoms with E-state index in [0.717, 1.165) is 12.8 Å². The minimum Gasteiger partial charge on any atom is -0.376 e. The lowest BCUT2D eigenvalue weighted by Crippen LogP contribution is -2.36. The molecule has 2 aromatic carbocycles. The van der Waals surface area contributed by atoms with Crippen LogP contribution in [-0.4, -0.2) is 36.3 Å². The third-order valence-corrected chi connectivity index (χ3v) is 5.37. The van der Waals surface area contributed by atoms with E-state index in [1.807, 2.05) is 13.8 Å². The Morgan fingerprint density at radius 1 is 0.875 bits per heavy atom. The molecule has 1 aliphatic carbocycles. The Balaban J connectivity index is 1.48. The Morgan fingerprint density at radius 2 is 1.59 bits per heavy atom. The lowest BCUT2D eigenvalue weighted by molar-refractivity contribution is -0.114. The normalized spacial score (nSPS) is 14.0. The molecule has 4 N–H and O–H groups in total. The molecule has 0 spiro atoms. The van der Waals surface area contributed by atoms with Gasteiger partial charge in [0.05, 0.1) is 6.54 Å². The van der Waals surface area contributed by atoms with Crippen LogP contribution in [-0.2, 0) is 4.79 Å². The zero-order valence-corrected chi connectivity index (χ0v) is 18.7. The topological polar surface area (TPSA) is 99.3 Å². The molecule has 2 aromatic rings. The summed E-state index contributed by atoms with van der Waals surface area (Å²) in [7, 11) is 0. The van der Waals surface area contributed by atoms with Crippen molar-refractivity contribution in [1.82, 2.24) is 10.6 Å². The van der Waals surface area contributed by atoms with E-state index in [2.05, 4.69) is 21.3 Å². The van der Waals surface area contributed by atoms with Gasteiger partial charge < -0.3 is 21.3 Å². The summed E-state index contributed by atoms with van der Waals surface area (Å²) >= 11 is 0. The number of rotatable bonds is 8. The van der Waals surface area contributed by atoms with E-state index in [0.29, 0.717) is 22.5 Å². The van der Waals surface area contributed by atoms with E-state index in [9.17, 15) is 14.4 Å². The minimum absolute atomic E-state index is 0.0506. The van der Waals surface area contributed by atoms with Gasteiger partial charge in [-0.25, -0.2) is 0 Å². The molecule has 1 fully saturated rings. The number of carbonyl (C=O) groups excluding carboxylic acids is 3. The maximum atomic E-state index is 12.4. The number of nitrogens with one attached hydrogen (secondary N) is 4. The van der Waals surface area contributed by atoms with Gasteiger partial charge in [-0.3, -0.25) is 14.4 Å². The smallest absolute Gasteiger partial charge is 0.251 e. The second-order valence-electron chi connectivity index (χ2n) is 8.50. The molecule has 0 heterocycles. The van der Waals surface area contributed by atoms with Crippen LogP contribution in [0.5, 0.6) is 0 Å². The van der Waals surface area contributed by atoms with Gasteiger partial charge in [-0.05, 0) is 69.2 Å². The standard InChI is InChI=1S/C25H32N4O3/c1-17(2)27-25(32)19-7-6-10-22(15-19)26-16-23(30)28-21-13-11-18(12-14-21)24(31)29-20-8-4-3-5-9-20/h6-7,10-15,17,20,26H,3-5,8-9,16H2,1-2H3,(H,27,32)(H,28,30)(H,29,31). The predicted octanol–water partition coefficient (Wildman–Crippen LogP) is 3.94. The molecular formula is C25H32N4O3. The Kier molecular flexibility index (Phi) is 8.25. The van der Waals surface area contributed by atoms with E-state index in [4.69, 9.17) is 0 Å². The van der Waals surface area contributed by atoms with Crippen molar-refractivity contribution in [2.24, 2.45) is 0 Å². The van der Waals surface area contributed by atoms with Crippen molar-refractivity contribution in [3.8, 4) is 0 Å². The highest BCUT2D eigenvalue weighted by Gasteiger charge is 2.16. The summed E-state index contributed by atoms with van der Waals surface area (Å²) < 4.78 is 0. The van der Waals surface area contributed by atoms with E-state index < -0.39 is 0 Å². The van der Waals surface area contributed by atoms with Crippen LogP contribution in [0.3, 0.4) is 0 Å². The number of anilines is 2. The first-order valence-electron chi connectivity index (χ1n) is 11.3. The summed E-state index contributed by atoms with van der Waals surface area (Å²) in [6, 6.07) is 14.2. The summed E-state index contributed by atoms with van der Waals surface area (Å²) in [5.74, 6) is -0.444. The molecule has 0 aromatic heterocycles. The molecule has 0 unspecified atom stereocenters. The van der Waals surface area contributed by atoms with Crippen molar-refractivity contribution < 1.29 is 14.4 Å². The number of hydrogen-bond acceptors (Lipinski definition) is 4. The fourth-order valence-electron chi connectivity index (χ4n) is 3.72. The third kappa shape index (κ3) is 7.11. The van der Waals surface area contributed by atoms with Gasteiger partial charge >= 0.3 is 0 Å². The van der Waals surface area contributed by atoms with Crippen LogP contribution in [0.4, 0.5) is 11.4 Å². The van der Waals surface area contributed by atoms with Gasteiger partial charge in [-0.1, -0.05) is 25.3 Å². The van der Waals surface area contributed by atoms with Gasteiger partial charge in [0.25, 0.3) is 11.8 Å². The lowest BCUT2D eigenvalue weighted by atomic mass is 9.95. The maximum Gasteiger partial charge on any atom is 0.251 e. The van der Waals surface area contributed by atoms with Gasteiger partial charge in [-0.2, -0.15) is 0 Å².